The van der Waals surface area contributed by atoms with Crippen molar-refractivity contribution in [3.63, 3.8) is 0 Å². The topological polar surface area (TPSA) is 86.6 Å². The largest absolute Gasteiger partial charge is 0.479 e. The van der Waals surface area contributed by atoms with Crippen LogP contribution in [0.3, 0.4) is 0 Å². The summed E-state index contributed by atoms with van der Waals surface area (Å²) >= 11 is 5.90. The van der Waals surface area contributed by atoms with Gasteiger partial charge in [0, 0.05) is 11.9 Å². The molecule has 17 heavy (non-hydrogen) atoms. The van der Waals surface area contributed by atoms with Gasteiger partial charge in [0.2, 0.25) is 5.91 Å². The zero-order chi connectivity index (χ0) is 13.0. The fourth-order valence-corrected chi connectivity index (χ4v) is 1.67. The van der Waals surface area contributed by atoms with Crippen LogP contribution in [0.5, 0.6) is 0 Å². The van der Waals surface area contributed by atoms with Gasteiger partial charge < -0.3 is 15.5 Å². The standard InChI is InChI=1S/C11H12ClNO4/c1-6(14)13-9(10(15)11(16)17)7-4-2-3-5-8(7)12/h2-5,9-10,15H,1H3,(H,13,14)(H,16,17)/t9-,10+/m0/s1. The van der Waals surface area contributed by atoms with Crippen molar-refractivity contribution in [2.45, 2.75) is 19.1 Å². The number of halogens is 1. The molecule has 0 aliphatic carbocycles. The Balaban J connectivity index is 3.10. The molecule has 0 radical (unpaired) electrons. The Hall–Kier alpha value is -1.59. The smallest absolute Gasteiger partial charge is 0.335 e. The number of carboxylic acids is 1. The fraction of sp³-hybridized carbons (Fsp3) is 0.273. The highest BCUT2D eigenvalue weighted by Gasteiger charge is 2.29. The van der Waals surface area contributed by atoms with Crippen LogP contribution < -0.4 is 5.32 Å². The van der Waals surface area contributed by atoms with Gasteiger partial charge in [-0.05, 0) is 11.6 Å². The van der Waals surface area contributed by atoms with Crippen LogP contribution in [0.1, 0.15) is 18.5 Å². The number of carbonyl (C=O) groups is 2. The van der Waals surface area contributed by atoms with Crippen LogP contribution >= 0.6 is 11.6 Å². The Morgan fingerprint density at radius 1 is 1.35 bits per heavy atom. The molecule has 6 heteroatoms. The number of hydrogen-bond donors (Lipinski definition) is 3. The molecular weight excluding hydrogens is 246 g/mol. The number of nitrogens with one attached hydrogen (secondary N) is 1. The van der Waals surface area contributed by atoms with Gasteiger partial charge in [0.15, 0.2) is 6.10 Å². The SMILES string of the molecule is CC(=O)N[C@@H](c1ccccc1Cl)[C@@H](O)C(=O)O. The first-order valence-electron chi connectivity index (χ1n) is 4.86. The summed E-state index contributed by atoms with van der Waals surface area (Å²) in [5.74, 6) is -1.88. The molecule has 92 valence electrons. The van der Waals surface area contributed by atoms with Crippen molar-refractivity contribution in [2.75, 3.05) is 0 Å². The molecule has 5 nitrogen and oxygen atoms in total. The summed E-state index contributed by atoms with van der Waals surface area (Å²) in [5.41, 5.74) is 0.360. The molecular formula is C11H12ClNO4. The first kappa shape index (κ1) is 13.5. The summed E-state index contributed by atoms with van der Waals surface area (Å²) < 4.78 is 0. The van der Waals surface area contributed by atoms with Crippen LogP contribution in [-0.2, 0) is 9.59 Å². The van der Waals surface area contributed by atoms with Gasteiger partial charge in [0.05, 0.1) is 6.04 Å². The molecule has 0 saturated carbocycles. The van der Waals surface area contributed by atoms with E-state index in [1.54, 1.807) is 24.3 Å². The van der Waals surface area contributed by atoms with E-state index in [-0.39, 0.29) is 5.02 Å². The number of rotatable bonds is 4. The monoisotopic (exact) mass is 257 g/mol. The molecule has 0 aromatic heterocycles. The normalized spacial score (nSPS) is 13.8. The molecule has 0 bridgehead atoms. The summed E-state index contributed by atoms with van der Waals surface area (Å²) in [5, 5.41) is 21.0. The number of carboxylic acid groups (broad SMARTS) is 1. The summed E-state index contributed by atoms with van der Waals surface area (Å²) in [4.78, 5) is 21.8. The average molecular weight is 258 g/mol. The second-order valence-corrected chi connectivity index (χ2v) is 3.89. The number of benzene rings is 1. The third-order valence-corrected chi connectivity index (χ3v) is 2.51. The van der Waals surface area contributed by atoms with Crippen molar-refractivity contribution in [3.05, 3.63) is 34.9 Å². The van der Waals surface area contributed by atoms with E-state index in [0.29, 0.717) is 5.56 Å². The van der Waals surface area contributed by atoms with Crippen LogP contribution in [-0.4, -0.2) is 28.2 Å². The summed E-state index contributed by atoms with van der Waals surface area (Å²) in [6.45, 7) is 1.23. The first-order chi connectivity index (χ1) is 7.93. The van der Waals surface area contributed by atoms with Gasteiger partial charge in [0.25, 0.3) is 0 Å². The summed E-state index contributed by atoms with van der Waals surface area (Å²) in [6, 6.07) is 5.35. The highest BCUT2D eigenvalue weighted by Crippen LogP contribution is 2.25. The van der Waals surface area contributed by atoms with Gasteiger partial charge in [-0.3, -0.25) is 4.79 Å². The average Bonchev–Trinajstić information content (AvgIpc) is 2.25. The zero-order valence-corrected chi connectivity index (χ0v) is 9.81. The predicted octanol–water partition coefficient (Wildman–Crippen LogP) is 0.963. The lowest BCUT2D eigenvalue weighted by Crippen LogP contribution is -2.39. The molecule has 0 aliphatic heterocycles. The van der Waals surface area contributed by atoms with Gasteiger partial charge in [0.1, 0.15) is 0 Å². The molecule has 1 aromatic rings. The second-order valence-electron chi connectivity index (χ2n) is 3.48. The molecule has 2 atom stereocenters. The van der Waals surface area contributed by atoms with Crippen molar-refractivity contribution < 1.29 is 19.8 Å². The quantitative estimate of drug-likeness (QED) is 0.750. The van der Waals surface area contributed by atoms with E-state index in [0.717, 1.165) is 0 Å². The third kappa shape index (κ3) is 3.44. The third-order valence-electron chi connectivity index (χ3n) is 2.17. The minimum Gasteiger partial charge on any atom is -0.479 e. The maximum atomic E-state index is 11.0. The Morgan fingerprint density at radius 3 is 2.41 bits per heavy atom. The zero-order valence-electron chi connectivity index (χ0n) is 9.05. The molecule has 3 N–H and O–H groups in total. The highest BCUT2D eigenvalue weighted by molar-refractivity contribution is 6.31. The van der Waals surface area contributed by atoms with E-state index < -0.39 is 24.0 Å². The minimum atomic E-state index is -1.75. The second kappa shape index (κ2) is 5.65. The van der Waals surface area contributed by atoms with Crippen molar-refractivity contribution >= 4 is 23.5 Å². The molecule has 1 aromatic carbocycles. The Bertz CT molecular complexity index is 435. The van der Waals surface area contributed by atoms with Crippen molar-refractivity contribution in [2.24, 2.45) is 0 Å². The predicted molar refractivity (Wildman–Crippen MR) is 61.7 cm³/mol. The van der Waals surface area contributed by atoms with E-state index >= 15 is 0 Å². The molecule has 0 fully saturated rings. The van der Waals surface area contributed by atoms with E-state index in [1.807, 2.05) is 0 Å². The number of aliphatic carboxylic acids is 1. The van der Waals surface area contributed by atoms with Gasteiger partial charge in [-0.1, -0.05) is 29.8 Å². The molecule has 1 rings (SSSR count). The fourth-order valence-electron chi connectivity index (χ4n) is 1.42. The Labute approximate surface area is 103 Å². The van der Waals surface area contributed by atoms with Crippen LogP contribution in [0, 0.1) is 0 Å². The molecule has 0 unspecified atom stereocenters. The van der Waals surface area contributed by atoms with Crippen LogP contribution in [0.25, 0.3) is 0 Å². The maximum Gasteiger partial charge on any atom is 0.335 e. The van der Waals surface area contributed by atoms with E-state index in [1.165, 1.54) is 6.92 Å². The summed E-state index contributed by atoms with van der Waals surface area (Å²) in [7, 11) is 0. The Kier molecular flexibility index (Phi) is 4.48. The first-order valence-corrected chi connectivity index (χ1v) is 5.23. The van der Waals surface area contributed by atoms with Gasteiger partial charge in [-0.25, -0.2) is 4.79 Å². The number of aliphatic hydroxyl groups is 1. The van der Waals surface area contributed by atoms with Crippen LogP contribution in [0.4, 0.5) is 0 Å². The van der Waals surface area contributed by atoms with Crippen molar-refractivity contribution in [1.29, 1.82) is 0 Å². The van der Waals surface area contributed by atoms with E-state index in [2.05, 4.69) is 5.32 Å². The lowest BCUT2D eigenvalue weighted by molar-refractivity contribution is -0.148. The number of amides is 1. The van der Waals surface area contributed by atoms with Gasteiger partial charge in [-0.2, -0.15) is 0 Å². The number of aliphatic hydroxyl groups excluding tert-OH is 1. The van der Waals surface area contributed by atoms with Crippen molar-refractivity contribution in [1.82, 2.24) is 5.32 Å². The lowest BCUT2D eigenvalue weighted by atomic mass is 10.0. The lowest BCUT2D eigenvalue weighted by Gasteiger charge is -2.22. The van der Waals surface area contributed by atoms with E-state index in [4.69, 9.17) is 16.7 Å². The minimum absolute atomic E-state index is 0.284. The molecule has 0 spiro atoms. The van der Waals surface area contributed by atoms with Gasteiger partial charge >= 0.3 is 5.97 Å². The molecule has 0 heterocycles. The molecule has 0 saturated heterocycles. The Morgan fingerprint density at radius 2 is 1.94 bits per heavy atom. The molecule has 0 aliphatic rings. The van der Waals surface area contributed by atoms with Gasteiger partial charge in [-0.15, -0.1) is 0 Å². The van der Waals surface area contributed by atoms with Crippen LogP contribution in [0.15, 0.2) is 24.3 Å². The van der Waals surface area contributed by atoms with E-state index in [9.17, 15) is 14.7 Å². The van der Waals surface area contributed by atoms with Crippen LogP contribution in [0.2, 0.25) is 5.02 Å². The van der Waals surface area contributed by atoms with Crippen molar-refractivity contribution in [3.8, 4) is 0 Å². The number of carbonyl (C=O) groups excluding carboxylic acids is 1. The maximum absolute atomic E-state index is 11.0. The summed E-state index contributed by atoms with van der Waals surface area (Å²) in [6.07, 6.45) is -1.75. The highest BCUT2D eigenvalue weighted by atomic mass is 35.5. The molecule has 1 amide bonds. The number of hydrogen-bond acceptors (Lipinski definition) is 3.